The molecule has 0 saturated heterocycles. The maximum atomic E-state index is 11.9. The molecule has 19 heavy (non-hydrogen) atoms. The fraction of sp³-hybridized carbons (Fsp3) is 0.923. The van der Waals surface area contributed by atoms with E-state index < -0.39 is 18.9 Å². The van der Waals surface area contributed by atoms with Gasteiger partial charge in [0.1, 0.15) is 0 Å². The minimum absolute atomic E-state index is 0.0332. The summed E-state index contributed by atoms with van der Waals surface area (Å²) in [5.41, 5.74) is 0.0332. The zero-order valence-electron chi connectivity index (χ0n) is 11.5. The number of carbonyl (C=O) groups is 1. The maximum absolute atomic E-state index is 11.9. The Bertz CT molecular complexity index is 297. The number of nitrogens with one attached hydrogen (secondary N) is 1. The molecule has 0 aromatic heterocycles. The van der Waals surface area contributed by atoms with Gasteiger partial charge < -0.3 is 10.1 Å². The van der Waals surface area contributed by atoms with Crippen LogP contribution in [0, 0.1) is 11.3 Å². The van der Waals surface area contributed by atoms with E-state index >= 15 is 0 Å². The second kappa shape index (κ2) is 6.48. The fourth-order valence-electron chi connectivity index (χ4n) is 2.90. The molecule has 0 radical (unpaired) electrons. The third kappa shape index (κ3) is 6.16. The molecule has 0 spiro atoms. The van der Waals surface area contributed by atoms with Gasteiger partial charge in [-0.15, -0.1) is 0 Å². The van der Waals surface area contributed by atoms with E-state index in [2.05, 4.69) is 23.9 Å². The summed E-state index contributed by atoms with van der Waals surface area (Å²) in [6.07, 6.45) is -0.201. The van der Waals surface area contributed by atoms with Crippen molar-refractivity contribution in [3.05, 3.63) is 0 Å². The van der Waals surface area contributed by atoms with E-state index in [0.717, 1.165) is 32.1 Å². The molecule has 6 heteroatoms. The van der Waals surface area contributed by atoms with Crippen molar-refractivity contribution < 1.29 is 22.7 Å². The van der Waals surface area contributed by atoms with Crippen molar-refractivity contribution in [3.8, 4) is 0 Å². The summed E-state index contributed by atoms with van der Waals surface area (Å²) in [4.78, 5) is 11.2. The standard InChI is InChI=1S/C13H22F3NO2/c1-10(2)7-12(5-3-4-6-12)8-17-11(18)19-9-13(14,15)16/h10H,3-9H2,1-2H3,(H,17,18). The number of carbonyl (C=O) groups excluding carboxylic acids is 1. The van der Waals surface area contributed by atoms with E-state index in [1.807, 2.05) is 0 Å². The topological polar surface area (TPSA) is 38.3 Å². The zero-order valence-corrected chi connectivity index (χ0v) is 11.5. The number of alkyl halides is 3. The third-order valence-electron chi connectivity index (χ3n) is 3.48. The highest BCUT2D eigenvalue weighted by Crippen LogP contribution is 2.42. The molecule has 1 fully saturated rings. The Morgan fingerprint density at radius 1 is 1.32 bits per heavy atom. The molecule has 1 saturated carbocycles. The SMILES string of the molecule is CC(C)CC1(CNC(=O)OCC(F)(F)F)CCCC1. The molecule has 0 unspecified atom stereocenters. The van der Waals surface area contributed by atoms with Crippen LogP contribution >= 0.6 is 0 Å². The van der Waals surface area contributed by atoms with E-state index in [1.54, 1.807) is 0 Å². The van der Waals surface area contributed by atoms with Gasteiger partial charge in [0.2, 0.25) is 0 Å². The quantitative estimate of drug-likeness (QED) is 0.830. The van der Waals surface area contributed by atoms with Gasteiger partial charge >= 0.3 is 12.3 Å². The van der Waals surface area contributed by atoms with Crippen LogP contribution < -0.4 is 5.32 Å². The van der Waals surface area contributed by atoms with Gasteiger partial charge in [-0.3, -0.25) is 0 Å². The van der Waals surface area contributed by atoms with Crippen molar-refractivity contribution in [2.45, 2.75) is 52.1 Å². The van der Waals surface area contributed by atoms with E-state index in [-0.39, 0.29) is 5.41 Å². The van der Waals surface area contributed by atoms with E-state index in [4.69, 9.17) is 0 Å². The van der Waals surface area contributed by atoms with Gasteiger partial charge in [0, 0.05) is 6.54 Å². The van der Waals surface area contributed by atoms with Crippen molar-refractivity contribution in [2.24, 2.45) is 11.3 Å². The van der Waals surface area contributed by atoms with Crippen molar-refractivity contribution in [2.75, 3.05) is 13.2 Å². The Morgan fingerprint density at radius 2 is 1.89 bits per heavy atom. The molecule has 0 aliphatic heterocycles. The molecule has 1 aliphatic rings. The van der Waals surface area contributed by atoms with Gasteiger partial charge in [-0.2, -0.15) is 13.2 Å². The smallest absolute Gasteiger partial charge is 0.422 e. The lowest BCUT2D eigenvalue weighted by Gasteiger charge is -2.31. The zero-order chi connectivity index (χ0) is 14.5. The Balaban J connectivity index is 2.38. The number of ether oxygens (including phenoxy) is 1. The number of hydrogen-bond acceptors (Lipinski definition) is 2. The van der Waals surface area contributed by atoms with Crippen molar-refractivity contribution in [1.82, 2.24) is 5.32 Å². The number of halogens is 3. The summed E-state index contributed by atoms with van der Waals surface area (Å²) in [7, 11) is 0. The summed E-state index contributed by atoms with van der Waals surface area (Å²) in [5.74, 6) is 0.506. The highest BCUT2D eigenvalue weighted by atomic mass is 19.4. The predicted molar refractivity (Wildman–Crippen MR) is 65.8 cm³/mol. The lowest BCUT2D eigenvalue weighted by atomic mass is 9.78. The third-order valence-corrected chi connectivity index (χ3v) is 3.48. The Morgan fingerprint density at radius 3 is 2.37 bits per heavy atom. The molecule has 0 aromatic rings. The minimum Gasteiger partial charge on any atom is -0.440 e. The van der Waals surface area contributed by atoms with Crippen molar-refractivity contribution >= 4 is 6.09 Å². The Kier molecular flexibility index (Phi) is 5.50. The molecule has 3 nitrogen and oxygen atoms in total. The first-order valence-corrected chi connectivity index (χ1v) is 6.70. The lowest BCUT2D eigenvalue weighted by molar-refractivity contribution is -0.160. The average molecular weight is 281 g/mol. The van der Waals surface area contributed by atoms with Crippen LogP contribution in [-0.4, -0.2) is 25.4 Å². The molecule has 0 bridgehead atoms. The van der Waals surface area contributed by atoms with Crippen LogP contribution in [0.25, 0.3) is 0 Å². The van der Waals surface area contributed by atoms with Gasteiger partial charge in [0.15, 0.2) is 6.61 Å². The van der Waals surface area contributed by atoms with Gasteiger partial charge in [-0.1, -0.05) is 26.7 Å². The molecular weight excluding hydrogens is 259 g/mol. The van der Waals surface area contributed by atoms with Crippen molar-refractivity contribution in [3.63, 3.8) is 0 Å². The molecule has 1 amide bonds. The van der Waals surface area contributed by atoms with E-state index in [1.165, 1.54) is 0 Å². The molecule has 1 aliphatic carbocycles. The second-order valence-electron chi connectivity index (χ2n) is 5.85. The van der Waals surface area contributed by atoms with Crippen LogP contribution in [0.2, 0.25) is 0 Å². The van der Waals surface area contributed by atoms with Gasteiger partial charge in [-0.25, -0.2) is 4.79 Å². The van der Waals surface area contributed by atoms with Crippen LogP contribution in [0.4, 0.5) is 18.0 Å². The first-order valence-electron chi connectivity index (χ1n) is 6.70. The molecular formula is C13H22F3NO2. The van der Waals surface area contributed by atoms with Gasteiger partial charge in [0.25, 0.3) is 0 Å². The summed E-state index contributed by atoms with van der Waals surface area (Å²) in [6.45, 7) is 3.10. The van der Waals surface area contributed by atoms with Gasteiger partial charge in [-0.05, 0) is 30.6 Å². The van der Waals surface area contributed by atoms with Crippen LogP contribution in [0.15, 0.2) is 0 Å². The van der Waals surface area contributed by atoms with Crippen LogP contribution in [0.3, 0.4) is 0 Å². The first kappa shape index (κ1) is 16.1. The lowest BCUT2D eigenvalue weighted by Crippen LogP contribution is -2.38. The minimum atomic E-state index is -4.47. The molecule has 1 N–H and O–H groups in total. The van der Waals surface area contributed by atoms with Crippen LogP contribution in [0.5, 0.6) is 0 Å². The second-order valence-corrected chi connectivity index (χ2v) is 5.85. The number of hydrogen-bond donors (Lipinski definition) is 1. The highest BCUT2D eigenvalue weighted by molar-refractivity contribution is 5.67. The molecule has 112 valence electrons. The van der Waals surface area contributed by atoms with E-state index in [0.29, 0.717) is 12.5 Å². The molecule has 0 atom stereocenters. The fourth-order valence-corrected chi connectivity index (χ4v) is 2.90. The Hall–Kier alpha value is -0.940. The Labute approximate surface area is 111 Å². The van der Waals surface area contributed by atoms with Crippen LogP contribution in [0.1, 0.15) is 46.0 Å². The highest BCUT2D eigenvalue weighted by Gasteiger charge is 2.35. The number of amides is 1. The summed E-state index contributed by atoms with van der Waals surface area (Å²) in [5, 5.41) is 2.48. The predicted octanol–water partition coefficient (Wildman–Crippen LogP) is 3.88. The van der Waals surface area contributed by atoms with Crippen molar-refractivity contribution in [1.29, 1.82) is 0 Å². The molecule has 0 heterocycles. The van der Waals surface area contributed by atoms with Crippen LogP contribution in [-0.2, 0) is 4.74 Å². The molecule has 1 rings (SSSR count). The average Bonchev–Trinajstić information content (AvgIpc) is 2.71. The van der Waals surface area contributed by atoms with E-state index in [9.17, 15) is 18.0 Å². The summed E-state index contributed by atoms with van der Waals surface area (Å²) in [6, 6.07) is 0. The number of alkyl carbamates (subject to hydrolysis) is 1. The normalized spacial score (nSPS) is 18.6. The maximum Gasteiger partial charge on any atom is 0.422 e. The monoisotopic (exact) mass is 281 g/mol. The summed E-state index contributed by atoms with van der Waals surface area (Å²) < 4.78 is 39.8. The van der Waals surface area contributed by atoms with Gasteiger partial charge in [0.05, 0.1) is 0 Å². The largest absolute Gasteiger partial charge is 0.440 e. The molecule has 0 aromatic carbocycles. The summed E-state index contributed by atoms with van der Waals surface area (Å²) >= 11 is 0. The number of rotatable bonds is 5. The first-order chi connectivity index (χ1) is 8.72.